The number of likely N-dealkylation sites (N-methyl/N-ethyl adjacent to an activating group) is 1. The maximum Gasteiger partial charge on any atom is 0.248 e. The summed E-state index contributed by atoms with van der Waals surface area (Å²) in [6.45, 7) is 0.390. The van der Waals surface area contributed by atoms with E-state index in [1.54, 1.807) is 13.1 Å². The third kappa shape index (κ3) is 4.32. The van der Waals surface area contributed by atoms with Crippen LogP contribution in [-0.4, -0.2) is 55.1 Å². The Labute approximate surface area is 140 Å². The number of fused-ring (bicyclic) bond motifs is 1. The molecule has 7 heteroatoms. The van der Waals surface area contributed by atoms with E-state index in [4.69, 9.17) is 4.74 Å². The van der Waals surface area contributed by atoms with E-state index in [1.807, 2.05) is 17.8 Å². The highest BCUT2D eigenvalue weighted by Gasteiger charge is 2.13. The summed E-state index contributed by atoms with van der Waals surface area (Å²) in [5, 5.41) is 3.76. The van der Waals surface area contributed by atoms with Gasteiger partial charge in [-0.05, 0) is 30.2 Å². The Balaban J connectivity index is 1.88. The van der Waals surface area contributed by atoms with Gasteiger partial charge in [-0.2, -0.15) is 0 Å². The van der Waals surface area contributed by atoms with Crippen molar-refractivity contribution in [1.29, 1.82) is 0 Å². The van der Waals surface area contributed by atoms with Crippen LogP contribution in [0.4, 0.5) is 4.39 Å². The number of carbonyl (C=O) groups excluding carboxylic acids is 2. The number of hydrogen-bond acceptors (Lipinski definition) is 3. The molecule has 24 heavy (non-hydrogen) atoms. The van der Waals surface area contributed by atoms with Crippen molar-refractivity contribution in [3.8, 4) is 0 Å². The Morgan fingerprint density at radius 3 is 2.83 bits per heavy atom. The van der Waals surface area contributed by atoms with Crippen LogP contribution in [0.15, 0.2) is 24.4 Å². The Morgan fingerprint density at radius 1 is 1.38 bits per heavy atom. The van der Waals surface area contributed by atoms with Crippen LogP contribution in [0.5, 0.6) is 0 Å². The molecular weight excluding hydrogens is 313 g/mol. The molecule has 130 valence electrons. The number of hydrogen-bond donors (Lipinski definition) is 1. The van der Waals surface area contributed by atoms with E-state index in [9.17, 15) is 14.0 Å². The highest BCUT2D eigenvalue weighted by atomic mass is 19.1. The minimum atomic E-state index is -0.271. The van der Waals surface area contributed by atoms with Gasteiger partial charge < -0.3 is 19.5 Å². The molecule has 0 fully saturated rings. The molecular formula is C17H22FN3O3. The summed E-state index contributed by atoms with van der Waals surface area (Å²) in [5.41, 5.74) is 1.86. The lowest BCUT2D eigenvalue weighted by molar-refractivity contribution is -0.137. The van der Waals surface area contributed by atoms with Crippen LogP contribution in [0.2, 0.25) is 0 Å². The number of aromatic nitrogens is 1. The van der Waals surface area contributed by atoms with E-state index in [1.165, 1.54) is 24.1 Å². The fourth-order valence-electron chi connectivity index (χ4n) is 2.57. The molecule has 1 aromatic heterocycles. The van der Waals surface area contributed by atoms with Crippen LogP contribution < -0.4 is 5.32 Å². The zero-order valence-electron chi connectivity index (χ0n) is 14.1. The van der Waals surface area contributed by atoms with Crippen LogP contribution in [0.3, 0.4) is 0 Å². The highest BCUT2D eigenvalue weighted by Crippen LogP contribution is 2.21. The van der Waals surface area contributed by atoms with Crippen LogP contribution >= 0.6 is 0 Å². The van der Waals surface area contributed by atoms with Gasteiger partial charge in [-0.25, -0.2) is 4.39 Å². The second kappa shape index (κ2) is 7.92. The number of benzene rings is 1. The van der Waals surface area contributed by atoms with Gasteiger partial charge in [-0.3, -0.25) is 9.59 Å². The van der Waals surface area contributed by atoms with E-state index >= 15 is 0 Å². The number of rotatable bonds is 7. The molecule has 0 aliphatic carbocycles. The fourth-order valence-corrected chi connectivity index (χ4v) is 2.57. The van der Waals surface area contributed by atoms with Gasteiger partial charge in [0.25, 0.3) is 0 Å². The lowest BCUT2D eigenvalue weighted by Crippen LogP contribution is -2.40. The van der Waals surface area contributed by atoms with Gasteiger partial charge in [-0.1, -0.05) is 0 Å². The molecule has 0 atom stereocenters. The average molecular weight is 335 g/mol. The van der Waals surface area contributed by atoms with Gasteiger partial charge >= 0.3 is 0 Å². The summed E-state index contributed by atoms with van der Waals surface area (Å²) in [6, 6.07) is 4.67. The number of nitrogens with one attached hydrogen (secondary N) is 1. The molecule has 0 aliphatic rings. The number of halogens is 1. The third-order valence-corrected chi connectivity index (χ3v) is 3.83. The largest absolute Gasteiger partial charge is 0.375 e. The Kier molecular flexibility index (Phi) is 5.92. The van der Waals surface area contributed by atoms with Crippen molar-refractivity contribution in [3.05, 3.63) is 35.8 Å². The number of amides is 2. The molecule has 2 rings (SSSR count). The third-order valence-electron chi connectivity index (χ3n) is 3.83. The van der Waals surface area contributed by atoms with Crippen LogP contribution in [-0.2, 0) is 27.8 Å². The van der Waals surface area contributed by atoms with E-state index < -0.39 is 0 Å². The first-order valence-corrected chi connectivity index (χ1v) is 7.65. The SMILES string of the molecule is COCC(=O)N(C)CC(=O)NCCc1cn(C)c2cc(F)ccc12. The van der Waals surface area contributed by atoms with E-state index in [2.05, 4.69) is 5.32 Å². The van der Waals surface area contributed by atoms with E-state index in [-0.39, 0.29) is 30.8 Å². The van der Waals surface area contributed by atoms with Gasteiger partial charge in [0.1, 0.15) is 12.4 Å². The molecule has 0 bridgehead atoms. The van der Waals surface area contributed by atoms with Crippen molar-refractivity contribution in [2.45, 2.75) is 6.42 Å². The minimum absolute atomic E-state index is 0.0110. The number of ether oxygens (including phenoxy) is 1. The monoisotopic (exact) mass is 335 g/mol. The standard InChI is InChI=1S/C17H22FN3O3/c1-20-9-12(14-5-4-13(18)8-15(14)20)6-7-19-16(22)10-21(2)17(23)11-24-3/h4-5,8-9H,6-7,10-11H2,1-3H3,(H,19,22). The second-order valence-corrected chi connectivity index (χ2v) is 5.71. The molecule has 0 saturated heterocycles. The zero-order chi connectivity index (χ0) is 17.7. The zero-order valence-corrected chi connectivity index (χ0v) is 14.1. The van der Waals surface area contributed by atoms with Crippen molar-refractivity contribution in [3.63, 3.8) is 0 Å². The molecule has 0 unspecified atom stereocenters. The van der Waals surface area contributed by atoms with Gasteiger partial charge in [0.15, 0.2) is 0 Å². The average Bonchev–Trinajstić information content (AvgIpc) is 2.83. The topological polar surface area (TPSA) is 63.6 Å². The van der Waals surface area contributed by atoms with Crippen molar-refractivity contribution in [2.75, 3.05) is 33.9 Å². The van der Waals surface area contributed by atoms with Crippen molar-refractivity contribution in [1.82, 2.24) is 14.8 Å². The molecule has 0 saturated carbocycles. The molecule has 1 N–H and O–H groups in total. The summed E-state index contributed by atoms with van der Waals surface area (Å²) in [5.74, 6) is -0.746. The molecule has 2 aromatic rings. The molecule has 0 spiro atoms. The van der Waals surface area contributed by atoms with Gasteiger partial charge in [0, 0.05) is 39.3 Å². The number of nitrogens with zero attached hydrogens (tertiary/aromatic N) is 2. The van der Waals surface area contributed by atoms with E-state index in [0.29, 0.717) is 13.0 Å². The van der Waals surface area contributed by atoms with E-state index in [0.717, 1.165) is 16.5 Å². The summed E-state index contributed by atoms with van der Waals surface area (Å²) in [7, 11) is 4.85. The quantitative estimate of drug-likeness (QED) is 0.824. The van der Waals surface area contributed by atoms with Crippen molar-refractivity contribution >= 4 is 22.7 Å². The molecule has 2 amide bonds. The normalized spacial score (nSPS) is 10.8. The van der Waals surface area contributed by atoms with Crippen molar-refractivity contribution in [2.24, 2.45) is 7.05 Å². The highest BCUT2D eigenvalue weighted by molar-refractivity contribution is 5.85. The van der Waals surface area contributed by atoms with Crippen LogP contribution in [0.1, 0.15) is 5.56 Å². The number of carbonyl (C=O) groups is 2. The molecule has 1 aromatic carbocycles. The Morgan fingerprint density at radius 2 is 2.12 bits per heavy atom. The summed E-state index contributed by atoms with van der Waals surface area (Å²) in [4.78, 5) is 24.7. The first-order valence-electron chi connectivity index (χ1n) is 7.65. The lowest BCUT2D eigenvalue weighted by Gasteiger charge is -2.16. The van der Waals surface area contributed by atoms with Gasteiger partial charge in [0.05, 0.1) is 12.1 Å². The maximum atomic E-state index is 13.3. The first-order chi connectivity index (χ1) is 11.4. The number of methoxy groups -OCH3 is 1. The first kappa shape index (κ1) is 17.9. The van der Waals surface area contributed by atoms with Gasteiger partial charge in [-0.15, -0.1) is 0 Å². The lowest BCUT2D eigenvalue weighted by atomic mass is 10.1. The minimum Gasteiger partial charge on any atom is -0.375 e. The Bertz CT molecular complexity index is 742. The Hall–Kier alpha value is -2.41. The second-order valence-electron chi connectivity index (χ2n) is 5.71. The predicted molar refractivity (Wildman–Crippen MR) is 89.1 cm³/mol. The molecule has 6 nitrogen and oxygen atoms in total. The molecule has 0 radical (unpaired) electrons. The smallest absolute Gasteiger partial charge is 0.248 e. The fraction of sp³-hybridized carbons (Fsp3) is 0.412. The van der Waals surface area contributed by atoms with Gasteiger partial charge in [0.2, 0.25) is 11.8 Å². The predicted octanol–water partition coefficient (Wildman–Crippen LogP) is 1.08. The summed E-state index contributed by atoms with van der Waals surface area (Å²) >= 11 is 0. The number of aryl methyl sites for hydroxylation is 1. The van der Waals surface area contributed by atoms with Crippen LogP contribution in [0, 0.1) is 5.82 Å². The summed E-state index contributed by atoms with van der Waals surface area (Å²) in [6.07, 6.45) is 2.56. The maximum absolute atomic E-state index is 13.3. The molecule has 0 aliphatic heterocycles. The molecule has 1 heterocycles. The van der Waals surface area contributed by atoms with Crippen LogP contribution in [0.25, 0.3) is 10.9 Å². The summed E-state index contributed by atoms with van der Waals surface area (Å²) < 4.78 is 19.9. The van der Waals surface area contributed by atoms with Crippen molar-refractivity contribution < 1.29 is 18.7 Å².